The van der Waals surface area contributed by atoms with Gasteiger partial charge in [-0.3, -0.25) is 14.8 Å². The average molecular weight is 187 g/mol. The van der Waals surface area contributed by atoms with Crippen molar-refractivity contribution in [1.82, 2.24) is 15.1 Å². The van der Waals surface area contributed by atoms with Crippen LogP contribution < -0.4 is 5.32 Å². The molecule has 0 saturated heterocycles. The second-order valence-electron chi connectivity index (χ2n) is 3.84. The molecule has 0 bridgehead atoms. The van der Waals surface area contributed by atoms with Crippen molar-refractivity contribution in [3.63, 3.8) is 0 Å². The van der Waals surface area contributed by atoms with E-state index in [2.05, 4.69) is 33.8 Å². The van der Waals surface area contributed by atoms with E-state index < -0.39 is 0 Å². The van der Waals surface area contributed by atoms with Crippen LogP contribution in [0.5, 0.6) is 0 Å². The van der Waals surface area contributed by atoms with E-state index in [0.29, 0.717) is 0 Å². The van der Waals surface area contributed by atoms with Gasteiger partial charge in [0, 0.05) is 6.54 Å². The summed E-state index contributed by atoms with van der Waals surface area (Å²) in [5.41, 5.74) is 0. The predicted octanol–water partition coefficient (Wildman–Crippen LogP) is -0.673. The summed E-state index contributed by atoms with van der Waals surface area (Å²) in [6, 6.07) is 0. The van der Waals surface area contributed by atoms with Crippen LogP contribution in [-0.4, -0.2) is 75.7 Å². The smallest absolute Gasteiger partial charge is 0.306 e. The number of nitrogens with zero attached hydrogens (tertiary/aromatic N) is 3. The molecule has 4 nitrogen and oxygen atoms in total. The molecule has 0 atom stereocenters. The van der Waals surface area contributed by atoms with Crippen LogP contribution in [0.4, 0.5) is 0 Å². The zero-order valence-corrected chi connectivity index (χ0v) is 9.76. The topological polar surface area (TPSA) is 21.5 Å². The Morgan fingerprint density at radius 2 is 1.69 bits per heavy atom. The molecular weight excluding hydrogens is 164 g/mol. The minimum Gasteiger partial charge on any atom is -0.306 e. The summed E-state index contributed by atoms with van der Waals surface area (Å²) in [7, 11) is 12.3. The molecule has 0 fully saturated rings. The van der Waals surface area contributed by atoms with Crippen molar-refractivity contribution < 1.29 is 4.58 Å². The molecule has 1 N–H and O–H groups in total. The van der Waals surface area contributed by atoms with Crippen LogP contribution in [0.3, 0.4) is 0 Å². The van der Waals surface area contributed by atoms with Gasteiger partial charge in [-0.05, 0) is 14.1 Å². The molecule has 78 valence electrons. The molecule has 0 aliphatic rings. The van der Waals surface area contributed by atoms with Gasteiger partial charge < -0.3 is 4.90 Å². The van der Waals surface area contributed by atoms with Crippen LogP contribution in [0.25, 0.3) is 0 Å². The molecule has 0 saturated carbocycles. The highest BCUT2D eigenvalue weighted by molar-refractivity contribution is 5.74. The van der Waals surface area contributed by atoms with Crippen LogP contribution in [0, 0.1) is 0 Å². The van der Waals surface area contributed by atoms with Crippen molar-refractivity contribution in [3.05, 3.63) is 0 Å². The van der Waals surface area contributed by atoms with Crippen molar-refractivity contribution in [2.24, 2.45) is 0 Å². The van der Waals surface area contributed by atoms with Gasteiger partial charge in [0.25, 0.3) is 0 Å². The van der Waals surface area contributed by atoms with Gasteiger partial charge in [0.1, 0.15) is 0 Å². The van der Waals surface area contributed by atoms with Crippen molar-refractivity contribution in [1.29, 1.82) is 0 Å². The fourth-order valence-electron chi connectivity index (χ4n) is 1.11. The van der Waals surface area contributed by atoms with Crippen molar-refractivity contribution in [3.8, 4) is 0 Å². The van der Waals surface area contributed by atoms with Crippen LogP contribution in [0.1, 0.15) is 0 Å². The summed E-state index contributed by atoms with van der Waals surface area (Å²) >= 11 is 0. The van der Waals surface area contributed by atoms with E-state index in [-0.39, 0.29) is 0 Å². The fraction of sp³-hybridized carbons (Fsp3) is 0.889. The Labute approximate surface area is 81.8 Å². The fourth-order valence-corrected chi connectivity index (χ4v) is 1.11. The van der Waals surface area contributed by atoms with Crippen molar-refractivity contribution in [2.75, 3.05) is 55.4 Å². The maximum atomic E-state index is 3.38. The molecule has 0 heterocycles. The Balaban J connectivity index is 3.93. The van der Waals surface area contributed by atoms with E-state index in [9.17, 15) is 0 Å². The van der Waals surface area contributed by atoms with E-state index in [1.165, 1.54) is 0 Å². The molecular formula is C9H23N4+. The highest BCUT2D eigenvalue weighted by Gasteiger charge is 2.09. The van der Waals surface area contributed by atoms with Crippen LogP contribution >= 0.6 is 0 Å². The average Bonchev–Trinajstić information content (AvgIpc) is 1.95. The van der Waals surface area contributed by atoms with Gasteiger partial charge in [0.05, 0.1) is 34.7 Å². The van der Waals surface area contributed by atoms with E-state index >= 15 is 0 Å². The standard InChI is InChI=1S/C9H22N4/c1-11(2)8-7-10-9(12(3)4)13(5)6/h7-8H2,1-6H3/p+1. The van der Waals surface area contributed by atoms with Gasteiger partial charge in [-0.25, -0.2) is 0 Å². The van der Waals surface area contributed by atoms with Gasteiger partial charge in [-0.1, -0.05) is 0 Å². The maximum Gasteiger partial charge on any atom is 0.347 e. The lowest BCUT2D eigenvalue weighted by Gasteiger charge is -2.14. The number of rotatable bonds is 3. The van der Waals surface area contributed by atoms with Crippen molar-refractivity contribution in [2.45, 2.75) is 0 Å². The lowest BCUT2D eigenvalue weighted by Crippen LogP contribution is -2.44. The summed E-state index contributed by atoms with van der Waals surface area (Å²) in [4.78, 5) is 4.24. The Morgan fingerprint density at radius 3 is 2.00 bits per heavy atom. The lowest BCUT2D eigenvalue weighted by molar-refractivity contribution is -0.472. The minimum absolute atomic E-state index is 0.971. The van der Waals surface area contributed by atoms with Gasteiger partial charge in [-0.15, -0.1) is 0 Å². The third kappa shape index (κ3) is 5.47. The molecule has 13 heavy (non-hydrogen) atoms. The molecule has 0 aromatic rings. The number of nitrogens with one attached hydrogen (secondary N) is 1. The van der Waals surface area contributed by atoms with E-state index in [1.807, 2.05) is 28.2 Å². The summed E-state index contributed by atoms with van der Waals surface area (Å²) in [5, 5.41) is 3.38. The third-order valence-electron chi connectivity index (χ3n) is 1.69. The first kappa shape index (κ1) is 12.2. The first-order valence-corrected chi connectivity index (χ1v) is 4.55. The molecule has 0 aromatic heterocycles. The van der Waals surface area contributed by atoms with Crippen LogP contribution in [0.2, 0.25) is 0 Å². The summed E-state index contributed by atoms with van der Waals surface area (Å²) in [5.74, 6) is 1.14. The Hall–Kier alpha value is -0.770. The quantitative estimate of drug-likeness (QED) is 0.360. The Kier molecular flexibility index (Phi) is 5.46. The maximum absolute atomic E-state index is 3.38. The molecule has 4 heteroatoms. The predicted molar refractivity (Wildman–Crippen MR) is 57.4 cm³/mol. The lowest BCUT2D eigenvalue weighted by atomic mass is 10.5. The molecule has 0 aromatic carbocycles. The molecule has 0 aliphatic heterocycles. The normalized spacial score (nSPS) is 10.1. The SMILES string of the molecule is CN(C)CCNC(N(C)C)=[N+](C)C. The van der Waals surface area contributed by atoms with E-state index in [4.69, 9.17) is 0 Å². The highest BCUT2D eigenvalue weighted by atomic mass is 15.3. The number of guanidine groups is 1. The third-order valence-corrected chi connectivity index (χ3v) is 1.69. The molecule has 0 rings (SSSR count). The first-order valence-electron chi connectivity index (χ1n) is 4.55. The second-order valence-corrected chi connectivity index (χ2v) is 3.84. The largest absolute Gasteiger partial charge is 0.347 e. The Morgan fingerprint density at radius 1 is 1.15 bits per heavy atom. The highest BCUT2D eigenvalue weighted by Crippen LogP contribution is 1.78. The van der Waals surface area contributed by atoms with Gasteiger partial charge in [0.15, 0.2) is 0 Å². The monoisotopic (exact) mass is 187 g/mol. The summed E-state index contributed by atoms with van der Waals surface area (Å²) in [6.07, 6.45) is 0. The molecule has 0 aliphatic carbocycles. The zero-order valence-electron chi connectivity index (χ0n) is 9.76. The second kappa shape index (κ2) is 5.80. The number of likely N-dealkylation sites (N-methyl/N-ethyl adjacent to an activating group) is 1. The Bertz CT molecular complexity index is 168. The van der Waals surface area contributed by atoms with Gasteiger partial charge >= 0.3 is 5.96 Å². The van der Waals surface area contributed by atoms with Crippen molar-refractivity contribution >= 4 is 5.96 Å². The summed E-state index contributed by atoms with van der Waals surface area (Å²) < 4.78 is 2.08. The molecule has 0 amide bonds. The van der Waals surface area contributed by atoms with E-state index in [1.54, 1.807) is 0 Å². The van der Waals surface area contributed by atoms with Gasteiger partial charge in [-0.2, -0.15) is 0 Å². The van der Waals surface area contributed by atoms with Crippen LogP contribution in [0.15, 0.2) is 0 Å². The van der Waals surface area contributed by atoms with Gasteiger partial charge in [0.2, 0.25) is 0 Å². The van der Waals surface area contributed by atoms with E-state index in [0.717, 1.165) is 19.0 Å². The molecule has 0 unspecified atom stereocenters. The first-order chi connectivity index (χ1) is 5.95. The zero-order chi connectivity index (χ0) is 10.4. The minimum atomic E-state index is 0.971. The number of hydrogen-bond acceptors (Lipinski definition) is 1. The van der Waals surface area contributed by atoms with Crippen LogP contribution in [-0.2, 0) is 0 Å². The number of hydrogen-bond donors (Lipinski definition) is 1. The molecule has 0 radical (unpaired) electrons. The molecule has 0 spiro atoms. The summed E-state index contributed by atoms with van der Waals surface area (Å²) in [6.45, 7) is 2.02.